The fourth-order valence-electron chi connectivity index (χ4n) is 2.67. The van der Waals surface area contributed by atoms with Crippen molar-refractivity contribution in [2.45, 2.75) is 45.3 Å². The number of aliphatic carboxylic acids is 1. The van der Waals surface area contributed by atoms with Crippen molar-refractivity contribution in [2.75, 3.05) is 6.54 Å². The highest BCUT2D eigenvalue weighted by Gasteiger charge is 2.34. The van der Waals surface area contributed by atoms with E-state index in [1.165, 1.54) is 16.7 Å². The van der Waals surface area contributed by atoms with Crippen molar-refractivity contribution in [3.8, 4) is 0 Å². The monoisotopic (exact) mass is 291 g/mol. The van der Waals surface area contributed by atoms with E-state index in [1.807, 2.05) is 13.8 Å². The van der Waals surface area contributed by atoms with Crippen LogP contribution >= 0.6 is 0 Å². The number of aryl methyl sites for hydroxylation is 2. The summed E-state index contributed by atoms with van der Waals surface area (Å²) in [4.78, 5) is 22.7. The molecule has 1 saturated heterocycles. The Labute approximate surface area is 124 Å². The second kappa shape index (κ2) is 6.72. The molecule has 2 atom stereocenters. The minimum Gasteiger partial charge on any atom is -0.479 e. The van der Waals surface area contributed by atoms with Crippen LogP contribution in [0.3, 0.4) is 0 Å². The Bertz CT molecular complexity index is 521. The Kier molecular flexibility index (Phi) is 4.96. The van der Waals surface area contributed by atoms with Gasteiger partial charge in [0.2, 0.25) is 5.91 Å². The van der Waals surface area contributed by atoms with Gasteiger partial charge in [-0.15, -0.1) is 0 Å². The van der Waals surface area contributed by atoms with Gasteiger partial charge in [-0.25, -0.2) is 4.79 Å². The minimum atomic E-state index is -1.000. The number of carboxylic acids is 1. The van der Waals surface area contributed by atoms with Crippen LogP contribution in [0, 0.1) is 13.8 Å². The Balaban J connectivity index is 1.78. The topological polar surface area (TPSA) is 75.6 Å². The predicted octanol–water partition coefficient (Wildman–Crippen LogP) is 1.59. The second-order valence-corrected chi connectivity index (χ2v) is 5.57. The molecule has 0 aromatic heterocycles. The van der Waals surface area contributed by atoms with Crippen LogP contribution in [0.2, 0.25) is 0 Å². The quantitative estimate of drug-likeness (QED) is 0.864. The summed E-state index contributed by atoms with van der Waals surface area (Å²) in [5.74, 6) is -1.22. The summed E-state index contributed by atoms with van der Waals surface area (Å²) >= 11 is 0. The lowest BCUT2D eigenvalue weighted by Gasteiger charge is -2.12. The number of nitrogens with one attached hydrogen (secondary N) is 1. The number of hydrogen-bond acceptors (Lipinski definition) is 3. The zero-order valence-electron chi connectivity index (χ0n) is 12.4. The summed E-state index contributed by atoms with van der Waals surface area (Å²) in [7, 11) is 0. The Morgan fingerprint density at radius 3 is 2.38 bits per heavy atom. The van der Waals surface area contributed by atoms with Crippen molar-refractivity contribution in [2.24, 2.45) is 0 Å². The third kappa shape index (κ3) is 4.29. The SMILES string of the molecule is Cc1cc(C)cc(CCNC(=O)[C@@H]2CC[C@H](C(=O)O)O2)c1. The van der Waals surface area contributed by atoms with Crippen LogP contribution in [0.25, 0.3) is 0 Å². The Hall–Kier alpha value is -1.88. The van der Waals surface area contributed by atoms with Gasteiger partial charge in [0.05, 0.1) is 0 Å². The number of rotatable bonds is 5. The van der Waals surface area contributed by atoms with Gasteiger partial charge < -0.3 is 15.2 Å². The van der Waals surface area contributed by atoms with Crippen LogP contribution < -0.4 is 5.32 Å². The first-order chi connectivity index (χ1) is 9.95. The van der Waals surface area contributed by atoms with Crippen LogP contribution in [0.1, 0.15) is 29.5 Å². The summed E-state index contributed by atoms with van der Waals surface area (Å²) in [5, 5.41) is 11.6. The lowest BCUT2D eigenvalue weighted by Crippen LogP contribution is -2.36. The van der Waals surface area contributed by atoms with Crippen LogP contribution in [-0.2, 0) is 20.7 Å². The third-order valence-corrected chi connectivity index (χ3v) is 3.58. The molecule has 1 fully saturated rings. The van der Waals surface area contributed by atoms with E-state index in [1.54, 1.807) is 0 Å². The predicted molar refractivity (Wildman–Crippen MR) is 78.2 cm³/mol. The zero-order chi connectivity index (χ0) is 15.4. The first-order valence-corrected chi connectivity index (χ1v) is 7.19. The van der Waals surface area contributed by atoms with Gasteiger partial charge in [0, 0.05) is 6.54 Å². The summed E-state index contributed by atoms with van der Waals surface area (Å²) < 4.78 is 5.21. The van der Waals surface area contributed by atoms with Gasteiger partial charge in [-0.05, 0) is 38.7 Å². The van der Waals surface area contributed by atoms with Crippen LogP contribution in [0.5, 0.6) is 0 Å². The van der Waals surface area contributed by atoms with Crippen molar-refractivity contribution in [3.63, 3.8) is 0 Å². The van der Waals surface area contributed by atoms with Crippen molar-refractivity contribution in [1.29, 1.82) is 0 Å². The molecule has 21 heavy (non-hydrogen) atoms. The molecule has 0 aliphatic carbocycles. The highest BCUT2D eigenvalue weighted by atomic mass is 16.5. The van der Waals surface area contributed by atoms with E-state index >= 15 is 0 Å². The minimum absolute atomic E-state index is 0.219. The molecule has 0 saturated carbocycles. The van der Waals surface area contributed by atoms with E-state index in [0.717, 1.165) is 6.42 Å². The van der Waals surface area contributed by atoms with Crippen molar-refractivity contribution in [1.82, 2.24) is 5.32 Å². The Morgan fingerprint density at radius 2 is 1.81 bits per heavy atom. The average molecular weight is 291 g/mol. The summed E-state index contributed by atoms with van der Waals surface area (Å²) in [6.45, 7) is 4.63. The molecular formula is C16H21NO4. The van der Waals surface area contributed by atoms with Crippen LogP contribution in [-0.4, -0.2) is 35.7 Å². The summed E-state index contributed by atoms with van der Waals surface area (Å²) in [6.07, 6.45) is 0.130. The molecule has 2 N–H and O–H groups in total. The smallest absolute Gasteiger partial charge is 0.332 e. The maximum absolute atomic E-state index is 11.9. The van der Waals surface area contributed by atoms with E-state index in [0.29, 0.717) is 19.4 Å². The lowest BCUT2D eigenvalue weighted by molar-refractivity contribution is -0.151. The number of carbonyl (C=O) groups excluding carboxylic acids is 1. The average Bonchev–Trinajstić information content (AvgIpc) is 2.87. The van der Waals surface area contributed by atoms with E-state index in [9.17, 15) is 9.59 Å². The van der Waals surface area contributed by atoms with Gasteiger partial charge in [-0.3, -0.25) is 4.79 Å². The second-order valence-electron chi connectivity index (χ2n) is 5.57. The van der Waals surface area contributed by atoms with Gasteiger partial charge in [-0.1, -0.05) is 29.3 Å². The molecule has 0 unspecified atom stereocenters. The Morgan fingerprint density at radius 1 is 1.19 bits per heavy atom. The molecule has 0 bridgehead atoms. The van der Waals surface area contributed by atoms with Gasteiger partial charge in [0.15, 0.2) is 6.10 Å². The number of ether oxygens (including phenoxy) is 1. The summed E-state index contributed by atoms with van der Waals surface area (Å²) in [6, 6.07) is 6.32. The molecule has 5 nitrogen and oxygen atoms in total. The normalized spacial score (nSPS) is 21.2. The van der Waals surface area contributed by atoms with Gasteiger partial charge in [0.25, 0.3) is 0 Å². The fourth-order valence-corrected chi connectivity index (χ4v) is 2.67. The molecule has 1 aliphatic heterocycles. The molecule has 1 aromatic rings. The number of benzene rings is 1. The fraction of sp³-hybridized carbons (Fsp3) is 0.500. The van der Waals surface area contributed by atoms with Crippen molar-refractivity contribution < 1.29 is 19.4 Å². The van der Waals surface area contributed by atoms with E-state index < -0.39 is 18.2 Å². The zero-order valence-corrected chi connectivity index (χ0v) is 12.4. The first-order valence-electron chi connectivity index (χ1n) is 7.19. The van der Waals surface area contributed by atoms with Crippen LogP contribution in [0.15, 0.2) is 18.2 Å². The van der Waals surface area contributed by atoms with Gasteiger partial charge >= 0.3 is 5.97 Å². The number of carboxylic acid groups (broad SMARTS) is 1. The molecule has 1 aliphatic rings. The van der Waals surface area contributed by atoms with Crippen molar-refractivity contribution >= 4 is 11.9 Å². The van der Waals surface area contributed by atoms with E-state index in [2.05, 4.69) is 23.5 Å². The summed E-state index contributed by atoms with van der Waals surface area (Å²) in [5.41, 5.74) is 3.60. The van der Waals surface area contributed by atoms with E-state index in [-0.39, 0.29) is 5.91 Å². The molecular weight excluding hydrogens is 270 g/mol. The molecule has 1 aromatic carbocycles. The maximum Gasteiger partial charge on any atom is 0.332 e. The first kappa shape index (κ1) is 15.5. The number of carbonyl (C=O) groups is 2. The molecule has 5 heteroatoms. The standard InChI is InChI=1S/C16H21NO4/c1-10-7-11(2)9-12(8-10)5-6-17-15(18)13-3-4-14(21-13)16(19)20/h7-9,13-14H,3-6H2,1-2H3,(H,17,18)(H,19,20)/t13-,14+/m0/s1. The van der Waals surface area contributed by atoms with E-state index in [4.69, 9.17) is 9.84 Å². The molecule has 2 rings (SSSR count). The maximum atomic E-state index is 11.9. The number of hydrogen-bond donors (Lipinski definition) is 2. The highest BCUT2D eigenvalue weighted by molar-refractivity contribution is 5.82. The highest BCUT2D eigenvalue weighted by Crippen LogP contribution is 2.19. The molecule has 1 heterocycles. The molecule has 1 amide bonds. The molecule has 114 valence electrons. The van der Waals surface area contributed by atoms with Gasteiger partial charge in [0.1, 0.15) is 6.10 Å². The molecule has 0 spiro atoms. The molecule has 0 radical (unpaired) electrons. The largest absolute Gasteiger partial charge is 0.479 e. The van der Waals surface area contributed by atoms with Crippen molar-refractivity contribution in [3.05, 3.63) is 34.9 Å². The lowest BCUT2D eigenvalue weighted by atomic mass is 10.1. The third-order valence-electron chi connectivity index (χ3n) is 3.58. The number of amides is 1. The van der Waals surface area contributed by atoms with Crippen LogP contribution in [0.4, 0.5) is 0 Å². The van der Waals surface area contributed by atoms with Gasteiger partial charge in [-0.2, -0.15) is 0 Å².